The number of hydrogen-bond acceptors (Lipinski definition) is 6. The van der Waals surface area contributed by atoms with Gasteiger partial charge in [0.25, 0.3) is 0 Å². The molecule has 6 nitrogen and oxygen atoms in total. The lowest BCUT2D eigenvalue weighted by Crippen LogP contribution is -2.16. The van der Waals surface area contributed by atoms with Crippen molar-refractivity contribution in [1.29, 1.82) is 0 Å². The Morgan fingerprint density at radius 2 is 1.77 bits per heavy atom. The number of hydrogen-bond donors (Lipinski definition) is 1. The number of carbonyl (C=O) groups excluding carboxylic acids is 2. The van der Waals surface area contributed by atoms with Crippen molar-refractivity contribution in [1.82, 2.24) is 0 Å². The molecule has 2 aromatic rings. The predicted octanol–water partition coefficient (Wildman–Crippen LogP) is 6.22. The van der Waals surface area contributed by atoms with Crippen LogP contribution < -0.4 is 5.63 Å². The minimum absolute atomic E-state index is 0.161. The number of Topliss-reactive ketones (excluding diaryl/α,β-unsaturated/α-hetero) is 1. The fraction of sp³-hybridized carbons (Fsp3) is 0.414. The molecule has 0 aliphatic heterocycles. The van der Waals surface area contributed by atoms with Crippen molar-refractivity contribution in [3.05, 3.63) is 80.9 Å². The van der Waals surface area contributed by atoms with E-state index in [2.05, 4.69) is 18.6 Å². The van der Waals surface area contributed by atoms with Gasteiger partial charge in [-0.15, -0.1) is 0 Å². The molecule has 1 heterocycles. The molecular formula is C29H36O6. The topological polar surface area (TPSA) is 93.8 Å². The van der Waals surface area contributed by atoms with Crippen LogP contribution in [0.25, 0.3) is 6.08 Å². The van der Waals surface area contributed by atoms with Crippen LogP contribution in [0.1, 0.15) is 86.5 Å². The van der Waals surface area contributed by atoms with Gasteiger partial charge < -0.3 is 14.3 Å². The summed E-state index contributed by atoms with van der Waals surface area (Å²) in [6, 6.07) is 9.31. The van der Waals surface area contributed by atoms with E-state index in [9.17, 15) is 19.5 Å². The fourth-order valence-corrected chi connectivity index (χ4v) is 3.57. The molecule has 0 aliphatic rings. The van der Waals surface area contributed by atoms with Gasteiger partial charge in [-0.25, -0.2) is 4.79 Å². The van der Waals surface area contributed by atoms with Crippen molar-refractivity contribution in [3.8, 4) is 5.75 Å². The standard InChI is InChI=1S/C29H36O6/c1-19(2)11-12-22-13-15-23(16-14-22)17-21(4)28(32)27-24(30)18-25(35-29(27)33)20(3)9-7-6-8-10-26(31)34-5/h6,8,13-20,30H,7,9-12H2,1-5H3/b8-6+,21-17?. The van der Waals surface area contributed by atoms with Crippen LogP contribution >= 0.6 is 0 Å². The molecule has 1 unspecified atom stereocenters. The lowest BCUT2D eigenvalue weighted by atomic mass is 9.98. The third-order valence-corrected chi connectivity index (χ3v) is 5.84. The average Bonchev–Trinajstić information content (AvgIpc) is 2.82. The number of ether oxygens (including phenoxy) is 1. The summed E-state index contributed by atoms with van der Waals surface area (Å²) in [6.45, 7) is 7.87. The Balaban J connectivity index is 2.08. The highest BCUT2D eigenvalue weighted by atomic mass is 16.5. The van der Waals surface area contributed by atoms with E-state index in [4.69, 9.17) is 4.42 Å². The Morgan fingerprint density at radius 1 is 1.09 bits per heavy atom. The van der Waals surface area contributed by atoms with E-state index in [1.807, 2.05) is 37.3 Å². The second kappa shape index (κ2) is 13.5. The third kappa shape index (κ3) is 8.71. The van der Waals surface area contributed by atoms with Crippen molar-refractivity contribution in [2.45, 2.75) is 65.7 Å². The number of rotatable bonds is 12. The maximum atomic E-state index is 12.9. The van der Waals surface area contributed by atoms with Crippen LogP contribution in [-0.2, 0) is 16.0 Å². The molecule has 1 aromatic heterocycles. The van der Waals surface area contributed by atoms with Crippen molar-refractivity contribution < 1.29 is 23.8 Å². The van der Waals surface area contributed by atoms with Crippen molar-refractivity contribution in [2.75, 3.05) is 7.11 Å². The lowest BCUT2D eigenvalue weighted by molar-refractivity contribution is -0.139. The number of ketones is 1. The average molecular weight is 481 g/mol. The van der Waals surface area contributed by atoms with E-state index in [1.54, 1.807) is 19.1 Å². The van der Waals surface area contributed by atoms with Crippen LogP contribution in [0.15, 0.2) is 57.3 Å². The maximum Gasteiger partial charge on any atom is 0.351 e. The molecule has 0 spiro atoms. The summed E-state index contributed by atoms with van der Waals surface area (Å²) in [7, 11) is 1.34. The first-order valence-corrected chi connectivity index (χ1v) is 12.0. The van der Waals surface area contributed by atoms with E-state index in [-0.39, 0.29) is 29.6 Å². The molecule has 35 heavy (non-hydrogen) atoms. The van der Waals surface area contributed by atoms with Crippen molar-refractivity contribution >= 4 is 17.8 Å². The number of aryl methyl sites for hydroxylation is 1. The largest absolute Gasteiger partial charge is 0.507 e. The van der Waals surface area contributed by atoms with E-state index in [0.29, 0.717) is 30.1 Å². The zero-order chi connectivity index (χ0) is 26.0. The van der Waals surface area contributed by atoms with Crippen molar-refractivity contribution in [3.63, 3.8) is 0 Å². The highest BCUT2D eigenvalue weighted by Gasteiger charge is 2.22. The highest BCUT2D eigenvalue weighted by molar-refractivity contribution is 6.12. The first-order valence-electron chi connectivity index (χ1n) is 12.0. The molecule has 6 heteroatoms. The number of allylic oxidation sites excluding steroid dienone is 2. The molecular weight excluding hydrogens is 444 g/mol. The fourth-order valence-electron chi connectivity index (χ4n) is 3.57. The van der Waals surface area contributed by atoms with Gasteiger partial charge in [-0.1, -0.05) is 57.2 Å². The number of methoxy groups -OCH3 is 1. The first-order chi connectivity index (χ1) is 16.6. The lowest BCUT2D eigenvalue weighted by Gasteiger charge is -2.11. The Bertz CT molecular complexity index is 1120. The third-order valence-electron chi connectivity index (χ3n) is 5.84. The van der Waals surface area contributed by atoms with Gasteiger partial charge in [-0.3, -0.25) is 9.59 Å². The minimum atomic E-state index is -0.852. The molecule has 0 aliphatic carbocycles. The van der Waals surface area contributed by atoms with Gasteiger partial charge in [0.1, 0.15) is 17.1 Å². The van der Waals surface area contributed by atoms with Crippen LogP contribution in [0.2, 0.25) is 0 Å². The second-order valence-corrected chi connectivity index (χ2v) is 9.26. The maximum absolute atomic E-state index is 12.9. The van der Waals surface area contributed by atoms with Crippen LogP contribution in [0, 0.1) is 5.92 Å². The molecule has 188 valence electrons. The van der Waals surface area contributed by atoms with Crippen LogP contribution in [0.3, 0.4) is 0 Å². The van der Waals surface area contributed by atoms with Gasteiger partial charge in [-0.05, 0) is 61.3 Å². The number of aromatic hydroxyl groups is 1. The molecule has 0 radical (unpaired) electrons. The quantitative estimate of drug-likeness (QED) is 0.168. The Kier molecular flexibility index (Phi) is 10.7. The van der Waals surface area contributed by atoms with Crippen LogP contribution in [0.5, 0.6) is 5.75 Å². The molecule has 0 fully saturated rings. The Hall–Kier alpha value is -3.41. The second-order valence-electron chi connectivity index (χ2n) is 9.26. The van der Waals surface area contributed by atoms with Gasteiger partial charge in [0.2, 0.25) is 0 Å². The number of carbonyl (C=O) groups is 2. The van der Waals surface area contributed by atoms with Gasteiger partial charge in [0.05, 0.1) is 13.5 Å². The summed E-state index contributed by atoms with van der Waals surface area (Å²) in [5.74, 6) is -0.474. The van der Waals surface area contributed by atoms with E-state index < -0.39 is 11.4 Å². The summed E-state index contributed by atoms with van der Waals surface area (Å²) in [4.78, 5) is 36.6. The van der Waals surface area contributed by atoms with Gasteiger partial charge in [0.15, 0.2) is 5.78 Å². The normalized spacial score (nSPS) is 12.8. The minimum Gasteiger partial charge on any atom is -0.507 e. The highest BCUT2D eigenvalue weighted by Crippen LogP contribution is 2.26. The summed E-state index contributed by atoms with van der Waals surface area (Å²) >= 11 is 0. The SMILES string of the molecule is COC(=O)C/C=C/CCC(C)c1cc(O)c(C(=O)C(C)=Cc2ccc(CCC(C)C)cc2)c(=O)o1. The van der Waals surface area contributed by atoms with E-state index in [1.165, 1.54) is 18.7 Å². The van der Waals surface area contributed by atoms with Crippen LogP contribution in [0.4, 0.5) is 0 Å². The Labute approximate surface area is 207 Å². The molecule has 1 atom stereocenters. The zero-order valence-corrected chi connectivity index (χ0v) is 21.3. The van der Waals surface area contributed by atoms with E-state index >= 15 is 0 Å². The molecule has 1 aromatic carbocycles. The molecule has 1 N–H and O–H groups in total. The number of esters is 1. The summed E-state index contributed by atoms with van der Waals surface area (Å²) < 4.78 is 9.96. The predicted molar refractivity (Wildman–Crippen MR) is 138 cm³/mol. The molecule has 0 bridgehead atoms. The molecule has 2 rings (SSSR count). The monoisotopic (exact) mass is 480 g/mol. The molecule has 0 saturated heterocycles. The zero-order valence-electron chi connectivity index (χ0n) is 21.3. The van der Waals surface area contributed by atoms with E-state index in [0.717, 1.165) is 18.4 Å². The van der Waals surface area contributed by atoms with Gasteiger partial charge in [-0.2, -0.15) is 0 Å². The van der Waals surface area contributed by atoms with Crippen molar-refractivity contribution in [2.24, 2.45) is 5.92 Å². The van der Waals surface area contributed by atoms with Crippen LogP contribution in [-0.4, -0.2) is 24.0 Å². The first kappa shape index (κ1) is 27.8. The molecule has 0 saturated carbocycles. The smallest absolute Gasteiger partial charge is 0.351 e. The molecule has 0 amide bonds. The van der Waals surface area contributed by atoms with Gasteiger partial charge in [0, 0.05) is 12.0 Å². The summed E-state index contributed by atoms with van der Waals surface area (Å²) in [5, 5.41) is 10.5. The number of benzene rings is 1. The summed E-state index contributed by atoms with van der Waals surface area (Å²) in [5.41, 5.74) is 1.20. The summed E-state index contributed by atoms with van der Waals surface area (Å²) in [6.07, 6.45) is 8.89. The van der Waals surface area contributed by atoms with Gasteiger partial charge >= 0.3 is 11.6 Å². The Morgan fingerprint density at radius 3 is 2.37 bits per heavy atom.